The summed E-state index contributed by atoms with van der Waals surface area (Å²) in [5, 5.41) is 0. The van der Waals surface area contributed by atoms with Crippen LogP contribution in [0.2, 0.25) is 0 Å². The number of carbonyl (C=O) groups is 1. The van der Waals surface area contributed by atoms with Gasteiger partial charge in [-0.15, -0.1) is 13.2 Å². The van der Waals surface area contributed by atoms with E-state index in [9.17, 15) is 18.0 Å². The maximum Gasteiger partial charge on any atom is 0.490 e. The van der Waals surface area contributed by atoms with Gasteiger partial charge in [-0.25, -0.2) is 14.3 Å². The van der Waals surface area contributed by atoms with Crippen LogP contribution < -0.4 is 0 Å². The Hall–Kier alpha value is -1.53. The van der Waals surface area contributed by atoms with Crippen LogP contribution in [0.4, 0.5) is 13.2 Å². The molecule has 1 aromatic heterocycles. The Balaban J connectivity index is 2.99. The Morgan fingerprint density at radius 3 is 2.79 bits per heavy atom. The van der Waals surface area contributed by atoms with Crippen molar-refractivity contribution in [3.05, 3.63) is 18.2 Å². The van der Waals surface area contributed by atoms with Crippen LogP contribution >= 0.6 is 0 Å². The second-order valence-corrected chi connectivity index (χ2v) is 2.34. The standard InChI is InChI=1S/C7H7F3N2O2/c1-2-14-6(13)5-3-11-4-12(5)7(8,9)10/h3-4H,2H2,1H3. The third-order valence-corrected chi connectivity index (χ3v) is 1.40. The number of aromatic nitrogens is 2. The van der Waals surface area contributed by atoms with Crippen molar-refractivity contribution in [2.75, 3.05) is 6.61 Å². The van der Waals surface area contributed by atoms with Crippen LogP contribution in [-0.4, -0.2) is 22.1 Å². The average molecular weight is 208 g/mol. The molecule has 0 spiro atoms. The highest BCUT2D eigenvalue weighted by Crippen LogP contribution is 2.23. The minimum Gasteiger partial charge on any atom is -0.461 e. The van der Waals surface area contributed by atoms with Crippen LogP contribution in [0.1, 0.15) is 17.4 Å². The fourth-order valence-corrected chi connectivity index (χ4v) is 0.853. The fraction of sp³-hybridized carbons (Fsp3) is 0.429. The molecule has 1 heterocycles. The van der Waals surface area contributed by atoms with Gasteiger partial charge in [0.2, 0.25) is 0 Å². The molecule has 0 aliphatic rings. The number of imidazole rings is 1. The van der Waals surface area contributed by atoms with Crippen molar-refractivity contribution in [1.82, 2.24) is 9.55 Å². The van der Waals surface area contributed by atoms with Gasteiger partial charge in [-0.05, 0) is 6.92 Å². The van der Waals surface area contributed by atoms with E-state index in [1.54, 1.807) is 0 Å². The zero-order chi connectivity index (χ0) is 10.8. The lowest BCUT2D eigenvalue weighted by Gasteiger charge is -2.09. The van der Waals surface area contributed by atoms with E-state index in [4.69, 9.17) is 0 Å². The molecule has 0 atom stereocenters. The normalized spacial score (nSPS) is 11.4. The third kappa shape index (κ3) is 2.04. The van der Waals surface area contributed by atoms with Crippen LogP contribution in [0.25, 0.3) is 0 Å². The van der Waals surface area contributed by atoms with E-state index in [0.717, 1.165) is 6.20 Å². The zero-order valence-electron chi connectivity index (χ0n) is 7.21. The molecule has 0 unspecified atom stereocenters. The molecule has 0 aromatic carbocycles. The van der Waals surface area contributed by atoms with Crippen molar-refractivity contribution in [2.24, 2.45) is 0 Å². The van der Waals surface area contributed by atoms with Crippen molar-refractivity contribution >= 4 is 5.97 Å². The van der Waals surface area contributed by atoms with Crippen LogP contribution in [0.3, 0.4) is 0 Å². The molecule has 1 rings (SSSR count). The minimum absolute atomic E-state index is 0.0157. The molecule has 0 amide bonds. The van der Waals surface area contributed by atoms with E-state index in [2.05, 4.69) is 9.72 Å². The molecule has 4 nitrogen and oxygen atoms in total. The largest absolute Gasteiger partial charge is 0.490 e. The molecule has 1 aromatic rings. The first-order chi connectivity index (χ1) is 6.46. The van der Waals surface area contributed by atoms with Crippen LogP contribution in [0, 0.1) is 0 Å². The molecule has 0 fully saturated rings. The average Bonchev–Trinajstić information content (AvgIpc) is 2.50. The van der Waals surface area contributed by atoms with Gasteiger partial charge >= 0.3 is 12.3 Å². The molecule has 0 saturated heterocycles. The van der Waals surface area contributed by atoms with Gasteiger partial charge in [0.05, 0.1) is 12.8 Å². The first kappa shape index (κ1) is 10.6. The highest BCUT2D eigenvalue weighted by atomic mass is 19.4. The summed E-state index contributed by atoms with van der Waals surface area (Å²) in [6.45, 7) is 1.52. The van der Waals surface area contributed by atoms with Crippen molar-refractivity contribution in [1.29, 1.82) is 0 Å². The van der Waals surface area contributed by atoms with E-state index in [0.29, 0.717) is 6.33 Å². The van der Waals surface area contributed by atoms with Crippen molar-refractivity contribution in [2.45, 2.75) is 13.2 Å². The van der Waals surface area contributed by atoms with Gasteiger partial charge in [0.1, 0.15) is 6.33 Å². The summed E-state index contributed by atoms with van der Waals surface area (Å²) in [6.07, 6.45) is -3.32. The fourth-order valence-electron chi connectivity index (χ4n) is 0.853. The number of ether oxygens (including phenoxy) is 1. The molecule has 0 radical (unpaired) electrons. The summed E-state index contributed by atoms with van der Waals surface area (Å²) in [6, 6.07) is 0. The zero-order valence-corrected chi connectivity index (χ0v) is 7.21. The Morgan fingerprint density at radius 2 is 2.29 bits per heavy atom. The van der Waals surface area contributed by atoms with Crippen LogP contribution in [0.15, 0.2) is 12.5 Å². The van der Waals surface area contributed by atoms with Gasteiger partial charge < -0.3 is 4.74 Å². The van der Waals surface area contributed by atoms with Crippen molar-refractivity contribution < 1.29 is 22.7 Å². The summed E-state index contributed by atoms with van der Waals surface area (Å²) >= 11 is 0. The van der Waals surface area contributed by atoms with Gasteiger partial charge in [0.25, 0.3) is 0 Å². The second kappa shape index (κ2) is 3.69. The highest BCUT2D eigenvalue weighted by molar-refractivity contribution is 5.87. The summed E-state index contributed by atoms with van der Waals surface area (Å²) < 4.78 is 40.8. The molecule has 0 aliphatic carbocycles. The Kier molecular flexibility index (Phi) is 2.78. The summed E-state index contributed by atoms with van der Waals surface area (Å²) in [5.74, 6) is -1.04. The van der Waals surface area contributed by atoms with Gasteiger partial charge in [0, 0.05) is 0 Å². The maximum atomic E-state index is 12.2. The van der Waals surface area contributed by atoms with E-state index < -0.39 is 18.0 Å². The number of carbonyl (C=O) groups excluding carboxylic acids is 1. The second-order valence-electron chi connectivity index (χ2n) is 2.34. The molecule has 78 valence electrons. The lowest BCUT2D eigenvalue weighted by molar-refractivity contribution is -0.205. The molecule has 0 N–H and O–H groups in total. The Morgan fingerprint density at radius 1 is 1.64 bits per heavy atom. The van der Waals surface area contributed by atoms with Crippen molar-refractivity contribution in [3.8, 4) is 0 Å². The third-order valence-electron chi connectivity index (χ3n) is 1.40. The summed E-state index contributed by atoms with van der Waals surface area (Å²) in [7, 11) is 0. The topological polar surface area (TPSA) is 44.1 Å². The molecule has 7 heteroatoms. The molecule has 0 bridgehead atoms. The van der Waals surface area contributed by atoms with Gasteiger partial charge in [-0.2, -0.15) is 0 Å². The Labute approximate surface area is 77.3 Å². The van der Waals surface area contributed by atoms with Gasteiger partial charge in [-0.3, -0.25) is 0 Å². The van der Waals surface area contributed by atoms with E-state index >= 15 is 0 Å². The quantitative estimate of drug-likeness (QED) is 0.692. The number of nitrogens with zero attached hydrogens (tertiary/aromatic N) is 2. The van der Waals surface area contributed by atoms with E-state index in [1.165, 1.54) is 6.92 Å². The molecule has 0 aliphatic heterocycles. The SMILES string of the molecule is CCOC(=O)c1cncn1C(F)(F)F. The lowest BCUT2D eigenvalue weighted by Crippen LogP contribution is -2.22. The van der Waals surface area contributed by atoms with E-state index in [-0.39, 0.29) is 11.2 Å². The van der Waals surface area contributed by atoms with E-state index in [1.807, 2.05) is 0 Å². The lowest BCUT2D eigenvalue weighted by atomic mass is 10.5. The number of esters is 1. The molecule has 0 saturated carbocycles. The smallest absolute Gasteiger partial charge is 0.461 e. The summed E-state index contributed by atoms with van der Waals surface area (Å²) in [5.41, 5.74) is -0.626. The number of hydrogen-bond donors (Lipinski definition) is 0. The first-order valence-corrected chi connectivity index (χ1v) is 3.73. The Bertz CT molecular complexity index is 332. The number of alkyl halides is 3. The molecular weight excluding hydrogens is 201 g/mol. The first-order valence-electron chi connectivity index (χ1n) is 3.73. The number of hydrogen-bond acceptors (Lipinski definition) is 3. The minimum atomic E-state index is -4.65. The summed E-state index contributed by atoms with van der Waals surface area (Å²) in [4.78, 5) is 14.2. The van der Waals surface area contributed by atoms with Crippen LogP contribution in [-0.2, 0) is 11.0 Å². The van der Waals surface area contributed by atoms with Gasteiger partial charge in [-0.1, -0.05) is 0 Å². The predicted octanol–water partition coefficient (Wildman–Crippen LogP) is 1.54. The highest BCUT2D eigenvalue weighted by Gasteiger charge is 2.34. The maximum absolute atomic E-state index is 12.2. The van der Waals surface area contributed by atoms with Gasteiger partial charge in [0.15, 0.2) is 5.69 Å². The monoisotopic (exact) mass is 208 g/mol. The predicted molar refractivity (Wildman–Crippen MR) is 39.5 cm³/mol. The number of rotatable bonds is 2. The number of halogens is 3. The van der Waals surface area contributed by atoms with Crippen LogP contribution in [0.5, 0.6) is 0 Å². The molecular formula is C7H7F3N2O2. The molecule has 14 heavy (non-hydrogen) atoms. The van der Waals surface area contributed by atoms with Crippen molar-refractivity contribution in [3.63, 3.8) is 0 Å².